The fraction of sp³-hybridized carbons (Fsp3) is 0.250. The number of halogens is 1. The van der Waals surface area contributed by atoms with E-state index in [9.17, 15) is 4.79 Å². The van der Waals surface area contributed by atoms with Crippen LogP contribution < -0.4 is 5.32 Å². The van der Waals surface area contributed by atoms with E-state index in [2.05, 4.69) is 5.32 Å². The molecule has 0 aliphatic rings. The molecule has 80 valence electrons. The summed E-state index contributed by atoms with van der Waals surface area (Å²) in [7, 11) is 0. The normalized spacial score (nSPS) is 12.0. The maximum absolute atomic E-state index is 11.1. The minimum absolute atomic E-state index is 0.0621. The van der Waals surface area contributed by atoms with Crippen LogP contribution in [-0.4, -0.2) is 5.78 Å². The van der Waals surface area contributed by atoms with Gasteiger partial charge in [0.2, 0.25) is 0 Å². The van der Waals surface area contributed by atoms with Crippen molar-refractivity contribution < 1.29 is 4.79 Å². The van der Waals surface area contributed by atoms with E-state index in [1.807, 2.05) is 25.1 Å². The maximum atomic E-state index is 11.1. The first kappa shape index (κ1) is 11.8. The fourth-order valence-corrected chi connectivity index (χ4v) is 1.31. The van der Waals surface area contributed by atoms with E-state index >= 15 is 0 Å². The monoisotopic (exact) mass is 223 g/mol. The van der Waals surface area contributed by atoms with Crippen molar-refractivity contribution in [1.82, 2.24) is 0 Å². The Morgan fingerprint density at radius 2 is 1.80 bits per heavy atom. The Hall–Kier alpha value is -1.28. The Bertz CT molecular complexity index is 410. The fourth-order valence-electron chi connectivity index (χ4n) is 1.12. The molecule has 0 aromatic heterocycles. The molecule has 0 radical (unpaired) electrons. The first-order valence-electron chi connectivity index (χ1n) is 4.72. The number of hydrogen-bond acceptors (Lipinski definition) is 2. The minimum atomic E-state index is 0.0621. The lowest BCUT2D eigenvalue weighted by Gasteiger charge is -2.10. The van der Waals surface area contributed by atoms with Gasteiger partial charge in [-0.25, -0.2) is 0 Å². The average Bonchev–Trinajstić information content (AvgIpc) is 2.20. The SMILES string of the molecule is CC(=O)C(C)=C(C)Nc1ccccc1Cl. The van der Waals surface area contributed by atoms with Crippen molar-refractivity contribution >= 4 is 23.1 Å². The highest BCUT2D eigenvalue weighted by Crippen LogP contribution is 2.22. The minimum Gasteiger partial charge on any atom is -0.358 e. The Labute approximate surface area is 94.9 Å². The van der Waals surface area contributed by atoms with Crippen LogP contribution in [0.4, 0.5) is 5.69 Å². The molecular weight excluding hydrogens is 210 g/mol. The van der Waals surface area contributed by atoms with E-state index in [0.717, 1.165) is 17.0 Å². The van der Waals surface area contributed by atoms with E-state index in [0.29, 0.717) is 5.02 Å². The lowest BCUT2D eigenvalue weighted by molar-refractivity contribution is -0.113. The van der Waals surface area contributed by atoms with E-state index < -0.39 is 0 Å². The van der Waals surface area contributed by atoms with Gasteiger partial charge in [-0.05, 0) is 32.9 Å². The molecule has 0 atom stereocenters. The zero-order chi connectivity index (χ0) is 11.4. The van der Waals surface area contributed by atoms with Gasteiger partial charge in [0.15, 0.2) is 5.78 Å². The number of nitrogens with one attached hydrogen (secondary N) is 1. The summed E-state index contributed by atoms with van der Waals surface area (Å²) in [6, 6.07) is 7.44. The highest BCUT2D eigenvalue weighted by atomic mass is 35.5. The summed E-state index contributed by atoms with van der Waals surface area (Å²) in [5.41, 5.74) is 2.36. The van der Waals surface area contributed by atoms with Crippen LogP contribution in [0.15, 0.2) is 35.5 Å². The Morgan fingerprint density at radius 1 is 1.20 bits per heavy atom. The van der Waals surface area contributed by atoms with Crippen molar-refractivity contribution in [3.05, 3.63) is 40.6 Å². The molecule has 0 unspecified atom stereocenters. The number of ketones is 1. The lowest BCUT2D eigenvalue weighted by Crippen LogP contribution is -2.04. The van der Waals surface area contributed by atoms with Gasteiger partial charge >= 0.3 is 0 Å². The summed E-state index contributed by atoms with van der Waals surface area (Å²) >= 11 is 5.98. The van der Waals surface area contributed by atoms with Crippen molar-refractivity contribution in [3.63, 3.8) is 0 Å². The summed E-state index contributed by atoms with van der Waals surface area (Å²) in [6.45, 7) is 5.20. The number of allylic oxidation sites excluding steroid dienone is 2. The molecule has 15 heavy (non-hydrogen) atoms. The quantitative estimate of drug-likeness (QED) is 0.793. The molecule has 1 N–H and O–H groups in total. The molecule has 0 fully saturated rings. The molecule has 2 nitrogen and oxygen atoms in total. The van der Waals surface area contributed by atoms with Crippen molar-refractivity contribution in [3.8, 4) is 0 Å². The second kappa shape index (κ2) is 4.99. The van der Waals surface area contributed by atoms with Crippen molar-refractivity contribution in [2.24, 2.45) is 0 Å². The first-order valence-corrected chi connectivity index (χ1v) is 5.10. The topological polar surface area (TPSA) is 29.1 Å². The predicted molar refractivity (Wildman–Crippen MR) is 64.1 cm³/mol. The van der Waals surface area contributed by atoms with Gasteiger partial charge in [0, 0.05) is 11.3 Å². The Morgan fingerprint density at radius 3 is 2.33 bits per heavy atom. The molecule has 1 rings (SSSR count). The van der Waals surface area contributed by atoms with Crippen LogP contribution in [-0.2, 0) is 4.79 Å². The highest BCUT2D eigenvalue weighted by molar-refractivity contribution is 6.33. The van der Waals surface area contributed by atoms with Gasteiger partial charge in [0.1, 0.15) is 0 Å². The third-order valence-electron chi connectivity index (χ3n) is 2.29. The molecule has 0 saturated heterocycles. The number of Topliss-reactive ketones (excluding diaryl/α,β-unsaturated/α-hetero) is 1. The summed E-state index contributed by atoms with van der Waals surface area (Å²) in [5, 5.41) is 3.76. The van der Waals surface area contributed by atoms with Crippen LogP contribution in [0.25, 0.3) is 0 Å². The molecule has 0 bridgehead atoms. The van der Waals surface area contributed by atoms with Crippen LogP contribution >= 0.6 is 11.6 Å². The largest absolute Gasteiger partial charge is 0.358 e. The van der Waals surface area contributed by atoms with E-state index in [-0.39, 0.29) is 5.78 Å². The lowest BCUT2D eigenvalue weighted by atomic mass is 10.1. The van der Waals surface area contributed by atoms with Crippen LogP contribution in [0.2, 0.25) is 5.02 Å². The van der Waals surface area contributed by atoms with Gasteiger partial charge in [-0.1, -0.05) is 23.7 Å². The molecule has 0 spiro atoms. The maximum Gasteiger partial charge on any atom is 0.157 e. The van der Waals surface area contributed by atoms with Crippen LogP contribution in [0.1, 0.15) is 20.8 Å². The van der Waals surface area contributed by atoms with E-state index in [1.54, 1.807) is 19.9 Å². The molecule has 0 aliphatic carbocycles. The van der Waals surface area contributed by atoms with Gasteiger partial charge in [-0.3, -0.25) is 4.79 Å². The van der Waals surface area contributed by atoms with E-state index in [1.165, 1.54) is 0 Å². The molecule has 0 aliphatic heterocycles. The Balaban J connectivity index is 2.93. The first-order chi connectivity index (χ1) is 7.02. The van der Waals surface area contributed by atoms with Gasteiger partial charge in [0.05, 0.1) is 10.7 Å². The van der Waals surface area contributed by atoms with Gasteiger partial charge in [0.25, 0.3) is 0 Å². The third-order valence-corrected chi connectivity index (χ3v) is 2.62. The molecule has 0 saturated carbocycles. The molecule has 3 heteroatoms. The number of hydrogen-bond donors (Lipinski definition) is 1. The zero-order valence-corrected chi connectivity index (χ0v) is 9.85. The van der Waals surface area contributed by atoms with E-state index in [4.69, 9.17) is 11.6 Å². The highest BCUT2D eigenvalue weighted by Gasteiger charge is 2.04. The van der Waals surface area contributed by atoms with Crippen LogP contribution in [0, 0.1) is 0 Å². The summed E-state index contributed by atoms with van der Waals surface area (Å²) in [6.07, 6.45) is 0. The molecule has 1 aromatic carbocycles. The van der Waals surface area contributed by atoms with Crippen molar-refractivity contribution in [1.29, 1.82) is 0 Å². The molecular formula is C12H14ClNO. The number of rotatable bonds is 3. The molecule has 0 heterocycles. The van der Waals surface area contributed by atoms with Gasteiger partial charge < -0.3 is 5.32 Å². The second-order valence-corrected chi connectivity index (χ2v) is 3.82. The summed E-state index contributed by atoms with van der Waals surface area (Å²) in [4.78, 5) is 11.1. The number of para-hydroxylation sites is 1. The zero-order valence-electron chi connectivity index (χ0n) is 9.10. The predicted octanol–water partition coefficient (Wildman–Crippen LogP) is 3.63. The second-order valence-electron chi connectivity index (χ2n) is 3.41. The van der Waals surface area contributed by atoms with Gasteiger partial charge in [-0.2, -0.15) is 0 Å². The number of anilines is 1. The Kier molecular flexibility index (Phi) is 3.92. The summed E-state index contributed by atoms with van der Waals surface area (Å²) < 4.78 is 0. The van der Waals surface area contributed by atoms with Crippen molar-refractivity contribution in [2.75, 3.05) is 5.32 Å². The standard InChI is InChI=1S/C12H14ClNO/c1-8(10(3)15)9(2)14-12-7-5-4-6-11(12)13/h4-7,14H,1-3H3. The third kappa shape index (κ3) is 3.10. The molecule has 1 aromatic rings. The molecule has 0 amide bonds. The summed E-state index contributed by atoms with van der Waals surface area (Å²) in [5.74, 6) is 0.0621. The smallest absolute Gasteiger partial charge is 0.157 e. The average molecular weight is 224 g/mol. The van der Waals surface area contributed by atoms with Crippen LogP contribution in [0.3, 0.4) is 0 Å². The number of benzene rings is 1. The number of carbonyl (C=O) groups excluding carboxylic acids is 1. The number of carbonyl (C=O) groups is 1. The van der Waals surface area contributed by atoms with Gasteiger partial charge in [-0.15, -0.1) is 0 Å². The van der Waals surface area contributed by atoms with Crippen molar-refractivity contribution in [2.45, 2.75) is 20.8 Å². The van der Waals surface area contributed by atoms with Crippen LogP contribution in [0.5, 0.6) is 0 Å².